The van der Waals surface area contributed by atoms with Gasteiger partial charge in [-0.25, -0.2) is 8.42 Å². The number of para-hydroxylation sites is 1. The van der Waals surface area contributed by atoms with Crippen molar-refractivity contribution in [3.8, 4) is 0 Å². The molecule has 0 saturated carbocycles. The van der Waals surface area contributed by atoms with Crippen molar-refractivity contribution in [2.75, 3.05) is 17.9 Å². The highest BCUT2D eigenvalue weighted by Gasteiger charge is 2.33. The summed E-state index contributed by atoms with van der Waals surface area (Å²) in [6, 6.07) is 22.2. The molecule has 3 aromatic rings. The van der Waals surface area contributed by atoms with E-state index in [2.05, 4.69) is 5.32 Å². The van der Waals surface area contributed by atoms with E-state index in [1.165, 1.54) is 11.9 Å². The Morgan fingerprint density at radius 3 is 2.14 bits per heavy atom. The quantitative estimate of drug-likeness (QED) is 0.451. The summed E-state index contributed by atoms with van der Waals surface area (Å²) < 4.78 is 28.9. The minimum Gasteiger partial charge on any atom is -0.357 e. The van der Waals surface area contributed by atoms with Gasteiger partial charge in [-0.1, -0.05) is 73.2 Å². The Bertz CT molecular complexity index is 1290. The molecule has 0 radical (unpaired) electrons. The van der Waals surface area contributed by atoms with Crippen molar-refractivity contribution in [3.05, 3.63) is 95.6 Å². The van der Waals surface area contributed by atoms with E-state index in [4.69, 9.17) is 0 Å². The number of amides is 2. The average molecular weight is 508 g/mol. The highest BCUT2D eigenvalue weighted by molar-refractivity contribution is 7.92. The molecule has 190 valence electrons. The van der Waals surface area contributed by atoms with E-state index in [1.807, 2.05) is 56.3 Å². The molecule has 0 unspecified atom stereocenters. The van der Waals surface area contributed by atoms with Gasteiger partial charge in [0.15, 0.2) is 0 Å². The van der Waals surface area contributed by atoms with Gasteiger partial charge in [-0.3, -0.25) is 13.9 Å². The molecule has 1 atom stereocenters. The topological polar surface area (TPSA) is 86.8 Å². The lowest BCUT2D eigenvalue weighted by Gasteiger charge is -2.32. The third-order valence-corrected chi connectivity index (χ3v) is 7.91. The van der Waals surface area contributed by atoms with E-state index < -0.39 is 28.5 Å². The number of rotatable bonds is 10. The highest BCUT2D eigenvalue weighted by atomic mass is 32.2. The van der Waals surface area contributed by atoms with Crippen LogP contribution in [0.25, 0.3) is 0 Å². The summed E-state index contributed by atoms with van der Waals surface area (Å²) in [6.45, 7) is 5.18. The minimum atomic E-state index is -4.07. The average Bonchev–Trinajstić information content (AvgIpc) is 2.90. The van der Waals surface area contributed by atoms with E-state index in [0.29, 0.717) is 12.1 Å². The largest absolute Gasteiger partial charge is 0.357 e. The standard InChI is InChI=1S/C28H33N3O4S/c1-5-24-13-9-10-14-26(24)31(36(34,35)25-17-15-21(2)16-18-25)20-27(32)30(22(3)28(33)29-4)19-23-11-7-6-8-12-23/h6-18,22H,5,19-20H2,1-4H3,(H,29,33)/t22-/m0/s1. The summed E-state index contributed by atoms with van der Waals surface area (Å²) in [5.74, 6) is -0.808. The fourth-order valence-corrected chi connectivity index (χ4v) is 5.43. The number of nitrogens with zero attached hydrogens (tertiary/aromatic N) is 2. The van der Waals surface area contributed by atoms with Crippen molar-refractivity contribution < 1.29 is 18.0 Å². The number of hydrogen-bond donors (Lipinski definition) is 1. The van der Waals surface area contributed by atoms with Crippen LogP contribution in [0.15, 0.2) is 83.8 Å². The van der Waals surface area contributed by atoms with Crippen LogP contribution < -0.4 is 9.62 Å². The lowest BCUT2D eigenvalue weighted by Crippen LogP contribution is -2.50. The lowest BCUT2D eigenvalue weighted by molar-refractivity contribution is -0.139. The predicted molar refractivity (Wildman–Crippen MR) is 142 cm³/mol. The Hall–Kier alpha value is -3.65. The monoisotopic (exact) mass is 507 g/mol. The fraction of sp³-hybridized carbons (Fsp3) is 0.286. The van der Waals surface area contributed by atoms with Crippen molar-refractivity contribution in [2.45, 2.75) is 44.7 Å². The van der Waals surface area contributed by atoms with Crippen LogP contribution in [0.4, 0.5) is 5.69 Å². The number of sulfonamides is 1. The number of aryl methyl sites for hydroxylation is 2. The first kappa shape index (κ1) is 26.9. The molecule has 0 heterocycles. The molecular formula is C28H33N3O4S. The Labute approximate surface area is 213 Å². The van der Waals surface area contributed by atoms with Gasteiger partial charge in [-0.05, 0) is 49.6 Å². The molecule has 3 aromatic carbocycles. The molecule has 36 heavy (non-hydrogen) atoms. The van der Waals surface area contributed by atoms with Crippen molar-refractivity contribution >= 4 is 27.5 Å². The molecule has 0 aliphatic rings. The second kappa shape index (κ2) is 11.9. The molecular weight excluding hydrogens is 474 g/mol. The molecule has 0 aliphatic carbocycles. The first-order chi connectivity index (χ1) is 17.2. The minimum absolute atomic E-state index is 0.0979. The molecule has 0 saturated heterocycles. The molecule has 0 bridgehead atoms. The van der Waals surface area contributed by atoms with E-state index >= 15 is 0 Å². The van der Waals surface area contributed by atoms with Gasteiger partial charge in [0.25, 0.3) is 10.0 Å². The second-order valence-electron chi connectivity index (χ2n) is 8.60. The summed E-state index contributed by atoms with van der Waals surface area (Å²) in [5, 5.41) is 2.59. The Kier molecular flexibility index (Phi) is 8.88. The van der Waals surface area contributed by atoms with Gasteiger partial charge in [-0.2, -0.15) is 0 Å². The molecule has 3 rings (SSSR count). The van der Waals surface area contributed by atoms with Crippen LogP contribution >= 0.6 is 0 Å². The number of benzene rings is 3. The van der Waals surface area contributed by atoms with E-state index in [-0.39, 0.29) is 17.3 Å². The van der Waals surface area contributed by atoms with Crippen LogP contribution in [0.2, 0.25) is 0 Å². The molecule has 8 heteroatoms. The number of nitrogens with one attached hydrogen (secondary N) is 1. The second-order valence-corrected chi connectivity index (χ2v) is 10.5. The van der Waals surface area contributed by atoms with Crippen LogP contribution in [-0.2, 0) is 32.6 Å². The van der Waals surface area contributed by atoms with E-state index in [0.717, 1.165) is 21.0 Å². The molecule has 0 spiro atoms. The molecule has 0 aliphatic heterocycles. The highest BCUT2D eigenvalue weighted by Crippen LogP contribution is 2.28. The van der Waals surface area contributed by atoms with Gasteiger partial charge in [-0.15, -0.1) is 0 Å². The van der Waals surface area contributed by atoms with Crippen molar-refractivity contribution in [2.24, 2.45) is 0 Å². The van der Waals surface area contributed by atoms with Crippen LogP contribution in [0.3, 0.4) is 0 Å². The van der Waals surface area contributed by atoms with Gasteiger partial charge in [0.2, 0.25) is 11.8 Å². The lowest BCUT2D eigenvalue weighted by atomic mass is 10.1. The fourth-order valence-electron chi connectivity index (χ4n) is 3.98. The van der Waals surface area contributed by atoms with Gasteiger partial charge < -0.3 is 10.2 Å². The van der Waals surface area contributed by atoms with E-state index in [9.17, 15) is 18.0 Å². The van der Waals surface area contributed by atoms with Gasteiger partial charge in [0.05, 0.1) is 10.6 Å². The number of anilines is 1. The Morgan fingerprint density at radius 2 is 1.53 bits per heavy atom. The van der Waals surface area contributed by atoms with Crippen molar-refractivity contribution in [1.29, 1.82) is 0 Å². The third kappa shape index (κ3) is 6.12. The summed E-state index contributed by atoms with van der Waals surface area (Å²) in [4.78, 5) is 27.8. The molecule has 0 aromatic heterocycles. The first-order valence-corrected chi connectivity index (χ1v) is 13.3. The molecule has 7 nitrogen and oxygen atoms in total. The number of hydrogen-bond acceptors (Lipinski definition) is 4. The third-order valence-electron chi connectivity index (χ3n) is 6.14. The van der Waals surface area contributed by atoms with Crippen LogP contribution in [0.1, 0.15) is 30.5 Å². The maximum atomic E-state index is 13.9. The zero-order valence-electron chi connectivity index (χ0n) is 21.1. The zero-order chi connectivity index (χ0) is 26.3. The zero-order valence-corrected chi connectivity index (χ0v) is 22.0. The Morgan fingerprint density at radius 1 is 0.917 bits per heavy atom. The Balaban J connectivity index is 2.06. The van der Waals surface area contributed by atoms with Crippen LogP contribution in [0.5, 0.6) is 0 Å². The van der Waals surface area contributed by atoms with Crippen LogP contribution in [-0.4, -0.2) is 44.8 Å². The summed E-state index contributed by atoms with van der Waals surface area (Å²) in [6.07, 6.45) is 0.590. The van der Waals surface area contributed by atoms with Crippen molar-refractivity contribution in [3.63, 3.8) is 0 Å². The van der Waals surface area contributed by atoms with Crippen molar-refractivity contribution in [1.82, 2.24) is 10.2 Å². The van der Waals surface area contributed by atoms with Gasteiger partial charge in [0.1, 0.15) is 12.6 Å². The summed E-state index contributed by atoms with van der Waals surface area (Å²) >= 11 is 0. The number of carbonyl (C=O) groups is 2. The number of likely N-dealkylation sites (N-methyl/N-ethyl adjacent to an activating group) is 1. The van der Waals surface area contributed by atoms with Gasteiger partial charge >= 0.3 is 0 Å². The SMILES string of the molecule is CCc1ccccc1N(CC(=O)N(Cc1ccccc1)[C@@H](C)C(=O)NC)S(=O)(=O)c1ccc(C)cc1. The maximum Gasteiger partial charge on any atom is 0.264 e. The first-order valence-electron chi connectivity index (χ1n) is 11.9. The summed E-state index contributed by atoms with van der Waals surface area (Å²) in [5.41, 5.74) is 3.01. The normalized spacial score (nSPS) is 12.0. The molecule has 1 N–H and O–H groups in total. The smallest absolute Gasteiger partial charge is 0.264 e. The number of carbonyl (C=O) groups excluding carboxylic acids is 2. The maximum absolute atomic E-state index is 13.9. The van der Waals surface area contributed by atoms with E-state index in [1.54, 1.807) is 43.3 Å². The predicted octanol–water partition coefficient (Wildman–Crippen LogP) is 3.92. The molecule has 0 fully saturated rings. The molecule has 2 amide bonds. The van der Waals surface area contributed by atoms with Crippen LogP contribution in [0, 0.1) is 6.92 Å². The summed E-state index contributed by atoms with van der Waals surface area (Å²) in [7, 11) is -2.56. The van der Waals surface area contributed by atoms with Gasteiger partial charge in [0, 0.05) is 13.6 Å².